The molecule has 0 N–H and O–H groups in total. The number of sulfone groups is 1. The van der Waals surface area contributed by atoms with Crippen molar-refractivity contribution in [3.05, 3.63) is 62.5 Å². The zero-order valence-corrected chi connectivity index (χ0v) is 17.0. The number of nitriles is 1. The molecule has 0 bridgehead atoms. The first-order valence-electron chi connectivity index (χ1n) is 7.90. The molecular weight excluding hydrogens is 409 g/mol. The fraction of sp³-hybridized carbons (Fsp3) is 0.211. The molecule has 2 rings (SSSR count). The lowest BCUT2D eigenvalue weighted by Crippen LogP contribution is -2.07. The van der Waals surface area contributed by atoms with E-state index in [0.717, 1.165) is 0 Å². The number of methoxy groups -OCH3 is 1. The minimum Gasteiger partial charge on any atom is -0.493 e. The number of hydrogen-bond donors (Lipinski definition) is 0. The van der Waals surface area contributed by atoms with Crippen molar-refractivity contribution >= 4 is 39.1 Å². The Labute approximate surface area is 168 Å². The van der Waals surface area contributed by atoms with E-state index < -0.39 is 15.6 Å². The van der Waals surface area contributed by atoms with E-state index in [-0.39, 0.29) is 9.93 Å². The maximum atomic E-state index is 12.7. The van der Waals surface area contributed by atoms with Crippen molar-refractivity contribution in [1.82, 2.24) is 0 Å². The number of rotatable bonds is 7. The van der Waals surface area contributed by atoms with Crippen LogP contribution in [-0.2, 0) is 15.6 Å². The number of nitrogens with zero attached hydrogens (tertiary/aromatic N) is 1. The molecule has 0 amide bonds. The fourth-order valence-corrected chi connectivity index (χ4v) is 4.14. The molecule has 0 fully saturated rings. The van der Waals surface area contributed by atoms with Crippen LogP contribution >= 0.6 is 23.2 Å². The molecule has 142 valence electrons. The molecule has 0 aliphatic heterocycles. The summed E-state index contributed by atoms with van der Waals surface area (Å²) in [5.41, 5.74) is 0.865. The van der Waals surface area contributed by atoms with Crippen molar-refractivity contribution in [2.24, 2.45) is 0 Å². The van der Waals surface area contributed by atoms with Gasteiger partial charge < -0.3 is 9.47 Å². The van der Waals surface area contributed by atoms with Crippen LogP contribution in [0.25, 0.3) is 6.08 Å². The Morgan fingerprint density at radius 1 is 1.19 bits per heavy atom. The third kappa shape index (κ3) is 5.39. The van der Waals surface area contributed by atoms with Gasteiger partial charge in [0.15, 0.2) is 21.3 Å². The van der Waals surface area contributed by atoms with Gasteiger partial charge in [-0.2, -0.15) is 5.26 Å². The molecule has 0 aliphatic carbocycles. The average Bonchev–Trinajstić information content (AvgIpc) is 2.63. The highest BCUT2D eigenvalue weighted by Crippen LogP contribution is 2.30. The lowest BCUT2D eigenvalue weighted by molar-refractivity contribution is 0.311. The lowest BCUT2D eigenvalue weighted by atomic mass is 10.2. The molecule has 2 aromatic rings. The zero-order chi connectivity index (χ0) is 20.0. The third-order valence-electron chi connectivity index (χ3n) is 3.59. The monoisotopic (exact) mass is 425 g/mol. The van der Waals surface area contributed by atoms with E-state index in [0.29, 0.717) is 34.3 Å². The van der Waals surface area contributed by atoms with Crippen LogP contribution < -0.4 is 9.47 Å². The Morgan fingerprint density at radius 3 is 2.52 bits per heavy atom. The topological polar surface area (TPSA) is 76.4 Å². The van der Waals surface area contributed by atoms with Crippen LogP contribution in [0.2, 0.25) is 10.0 Å². The van der Waals surface area contributed by atoms with E-state index in [1.54, 1.807) is 30.3 Å². The predicted molar refractivity (Wildman–Crippen MR) is 107 cm³/mol. The molecule has 0 saturated heterocycles. The normalized spacial score (nSPS) is 11.7. The van der Waals surface area contributed by atoms with E-state index in [1.807, 2.05) is 6.92 Å². The lowest BCUT2D eigenvalue weighted by Gasteiger charge is -2.10. The van der Waals surface area contributed by atoms with Gasteiger partial charge in [-0.15, -0.1) is 0 Å². The van der Waals surface area contributed by atoms with Gasteiger partial charge in [-0.3, -0.25) is 0 Å². The van der Waals surface area contributed by atoms with Crippen molar-refractivity contribution < 1.29 is 17.9 Å². The van der Waals surface area contributed by atoms with E-state index in [2.05, 4.69) is 0 Å². The first-order chi connectivity index (χ1) is 12.8. The van der Waals surface area contributed by atoms with Crippen LogP contribution in [-0.4, -0.2) is 22.1 Å². The molecule has 5 nitrogen and oxygen atoms in total. The number of benzene rings is 2. The Kier molecular flexibility index (Phi) is 7.14. The molecule has 0 unspecified atom stereocenters. The van der Waals surface area contributed by atoms with Crippen molar-refractivity contribution in [3.8, 4) is 17.6 Å². The maximum Gasteiger partial charge on any atom is 0.192 e. The first-order valence-corrected chi connectivity index (χ1v) is 10.3. The Balaban J connectivity index is 2.38. The van der Waals surface area contributed by atoms with Crippen molar-refractivity contribution in [3.63, 3.8) is 0 Å². The van der Waals surface area contributed by atoms with Crippen LogP contribution in [0.1, 0.15) is 18.1 Å². The number of ether oxygens (including phenoxy) is 2. The summed E-state index contributed by atoms with van der Waals surface area (Å²) in [4.78, 5) is -0.375. The summed E-state index contributed by atoms with van der Waals surface area (Å²) < 4.78 is 36.0. The molecule has 0 aromatic heterocycles. The average molecular weight is 426 g/mol. The Bertz CT molecular complexity index is 1010. The molecule has 8 heteroatoms. The standard InChI is InChI=1S/C19H17Cl2NO4S/c1-3-26-18-7-4-13(9-19(18)25-2)8-16(11-22)27(23,24)12-14-5-6-15(20)10-17(14)21/h4-10H,3,12H2,1-2H3. The molecule has 0 heterocycles. The summed E-state index contributed by atoms with van der Waals surface area (Å²) >= 11 is 11.9. The predicted octanol–water partition coefficient (Wildman–Crippen LogP) is 4.88. The van der Waals surface area contributed by atoms with Gasteiger partial charge in [-0.25, -0.2) is 8.42 Å². The summed E-state index contributed by atoms with van der Waals surface area (Å²) in [7, 11) is -2.42. The summed E-state index contributed by atoms with van der Waals surface area (Å²) in [6.45, 7) is 2.31. The molecular formula is C19H17Cl2NO4S. The van der Waals surface area contributed by atoms with Gasteiger partial charge >= 0.3 is 0 Å². The number of allylic oxidation sites excluding steroid dienone is 1. The summed E-state index contributed by atoms with van der Waals surface area (Å²) in [6, 6.07) is 11.2. The van der Waals surface area contributed by atoms with E-state index >= 15 is 0 Å². The molecule has 0 saturated carbocycles. The zero-order valence-electron chi connectivity index (χ0n) is 14.7. The maximum absolute atomic E-state index is 12.7. The van der Waals surface area contributed by atoms with Gasteiger partial charge in [0.25, 0.3) is 0 Å². The minimum atomic E-state index is -3.90. The smallest absolute Gasteiger partial charge is 0.192 e. The largest absolute Gasteiger partial charge is 0.493 e. The van der Waals surface area contributed by atoms with Crippen molar-refractivity contribution in [2.45, 2.75) is 12.7 Å². The Morgan fingerprint density at radius 2 is 1.93 bits per heavy atom. The summed E-state index contributed by atoms with van der Waals surface area (Å²) in [6.07, 6.45) is 1.29. The van der Waals surface area contributed by atoms with Gasteiger partial charge in [0, 0.05) is 10.0 Å². The van der Waals surface area contributed by atoms with E-state index in [4.69, 9.17) is 32.7 Å². The Hall–Kier alpha value is -2.20. The van der Waals surface area contributed by atoms with Crippen LogP contribution in [0.15, 0.2) is 41.3 Å². The fourth-order valence-electron chi connectivity index (χ4n) is 2.31. The number of halogens is 2. The van der Waals surface area contributed by atoms with E-state index in [1.165, 1.54) is 25.3 Å². The first kappa shape index (κ1) is 21.1. The van der Waals surface area contributed by atoms with Crippen molar-refractivity contribution in [1.29, 1.82) is 5.26 Å². The second kappa shape index (κ2) is 9.14. The molecule has 0 atom stereocenters. The molecule has 0 radical (unpaired) electrons. The quantitative estimate of drug-likeness (QED) is 0.590. The molecule has 0 aliphatic rings. The second-order valence-electron chi connectivity index (χ2n) is 5.46. The SMILES string of the molecule is CCOc1ccc(C=C(C#N)S(=O)(=O)Cc2ccc(Cl)cc2Cl)cc1OC. The third-order valence-corrected chi connectivity index (χ3v) is 5.75. The number of hydrogen-bond acceptors (Lipinski definition) is 5. The van der Waals surface area contributed by atoms with E-state index in [9.17, 15) is 13.7 Å². The van der Waals surface area contributed by atoms with Crippen LogP contribution in [0.3, 0.4) is 0 Å². The van der Waals surface area contributed by atoms with Crippen molar-refractivity contribution in [2.75, 3.05) is 13.7 Å². The molecule has 0 spiro atoms. The van der Waals surface area contributed by atoms with Crippen LogP contribution in [0, 0.1) is 11.3 Å². The van der Waals surface area contributed by atoms with Gasteiger partial charge in [0.1, 0.15) is 11.0 Å². The highest BCUT2D eigenvalue weighted by molar-refractivity contribution is 7.95. The second-order valence-corrected chi connectivity index (χ2v) is 8.26. The van der Waals surface area contributed by atoms with Gasteiger partial charge in [-0.05, 0) is 48.4 Å². The summed E-state index contributed by atoms with van der Waals surface area (Å²) in [5, 5.41) is 10.0. The van der Waals surface area contributed by atoms with Crippen LogP contribution in [0.4, 0.5) is 0 Å². The highest BCUT2D eigenvalue weighted by Gasteiger charge is 2.20. The van der Waals surface area contributed by atoms with Crippen LogP contribution in [0.5, 0.6) is 11.5 Å². The summed E-state index contributed by atoms with van der Waals surface area (Å²) in [5.74, 6) is 0.573. The van der Waals surface area contributed by atoms with Gasteiger partial charge in [0.2, 0.25) is 0 Å². The molecule has 27 heavy (non-hydrogen) atoms. The minimum absolute atomic E-state index is 0.228. The molecule has 2 aromatic carbocycles. The van der Waals surface area contributed by atoms with Gasteiger partial charge in [-0.1, -0.05) is 35.3 Å². The highest BCUT2D eigenvalue weighted by atomic mass is 35.5. The van der Waals surface area contributed by atoms with Gasteiger partial charge in [0.05, 0.1) is 19.5 Å².